The maximum Gasteiger partial charge on any atom is 0.323 e. The summed E-state index contributed by atoms with van der Waals surface area (Å²) in [5, 5.41) is 24.7. The highest BCUT2D eigenvalue weighted by Crippen LogP contribution is 2.27. The lowest BCUT2D eigenvalue weighted by atomic mass is 10.1. The van der Waals surface area contributed by atoms with Crippen LogP contribution in [0.2, 0.25) is 0 Å². The average molecular weight is 300 g/mol. The number of urea groups is 1. The molecule has 0 heterocycles. The van der Waals surface area contributed by atoms with Gasteiger partial charge in [0.05, 0.1) is 0 Å². The van der Waals surface area contributed by atoms with E-state index < -0.39 is 0 Å². The van der Waals surface area contributed by atoms with E-state index in [1.54, 1.807) is 24.3 Å². The van der Waals surface area contributed by atoms with Crippen molar-refractivity contribution in [2.45, 2.75) is 27.7 Å². The molecule has 0 aliphatic rings. The van der Waals surface area contributed by atoms with Crippen molar-refractivity contribution in [1.82, 2.24) is 0 Å². The Morgan fingerprint density at radius 2 is 1.00 bits per heavy atom. The van der Waals surface area contributed by atoms with E-state index in [2.05, 4.69) is 10.6 Å². The highest BCUT2D eigenvalue weighted by Gasteiger charge is 2.12. The molecule has 4 N–H and O–H groups in total. The summed E-state index contributed by atoms with van der Waals surface area (Å²) in [5.41, 5.74) is 4.48. The molecule has 2 rings (SSSR count). The van der Waals surface area contributed by atoms with Gasteiger partial charge >= 0.3 is 6.03 Å². The number of phenols is 2. The fourth-order valence-electron chi connectivity index (χ4n) is 2.53. The molecule has 0 saturated heterocycles. The number of hydrogen-bond donors (Lipinski definition) is 4. The van der Waals surface area contributed by atoms with Crippen LogP contribution in [0.1, 0.15) is 22.3 Å². The van der Waals surface area contributed by atoms with Crippen molar-refractivity contribution < 1.29 is 15.0 Å². The van der Waals surface area contributed by atoms with Crippen molar-refractivity contribution in [2.24, 2.45) is 0 Å². The lowest BCUT2D eigenvalue weighted by molar-refractivity contribution is 0.262. The zero-order chi connectivity index (χ0) is 16.4. The summed E-state index contributed by atoms with van der Waals surface area (Å²) in [6.07, 6.45) is 0. The zero-order valence-electron chi connectivity index (χ0n) is 13.1. The molecule has 0 saturated carbocycles. The minimum Gasteiger partial charge on any atom is -0.508 e. The number of nitrogens with one attached hydrogen (secondary N) is 2. The van der Waals surface area contributed by atoms with Crippen molar-refractivity contribution >= 4 is 17.4 Å². The third kappa shape index (κ3) is 3.31. The van der Waals surface area contributed by atoms with Gasteiger partial charge in [-0.1, -0.05) is 0 Å². The van der Waals surface area contributed by atoms with Crippen molar-refractivity contribution in [2.75, 3.05) is 10.6 Å². The number of carbonyl (C=O) groups is 1. The van der Waals surface area contributed by atoms with Gasteiger partial charge in [0.1, 0.15) is 11.5 Å². The third-order valence-corrected chi connectivity index (χ3v) is 3.51. The van der Waals surface area contributed by atoms with E-state index in [9.17, 15) is 15.0 Å². The molecule has 0 spiro atoms. The average Bonchev–Trinajstić information content (AvgIpc) is 2.38. The van der Waals surface area contributed by atoms with E-state index in [0.29, 0.717) is 11.4 Å². The summed E-state index contributed by atoms with van der Waals surface area (Å²) < 4.78 is 0. The normalized spacial score (nSPS) is 10.4. The summed E-state index contributed by atoms with van der Waals surface area (Å²) >= 11 is 0. The first kappa shape index (κ1) is 15.7. The predicted molar refractivity (Wildman–Crippen MR) is 87.8 cm³/mol. The standard InChI is InChI=1S/C17H20N2O3/c1-9-5-13(20)6-10(2)15(9)18-17(22)19-16-11(3)7-14(21)8-12(16)4/h5-8,20-21H,1-4H3,(H2,18,19,22). The molecular formula is C17H20N2O3. The molecule has 0 aliphatic heterocycles. The number of amides is 2. The molecule has 0 unspecified atom stereocenters. The summed E-state index contributed by atoms with van der Waals surface area (Å²) in [6, 6.07) is 6.02. The molecule has 5 nitrogen and oxygen atoms in total. The Balaban J connectivity index is 2.22. The fraction of sp³-hybridized carbons (Fsp3) is 0.235. The molecule has 0 aromatic heterocycles. The molecular weight excluding hydrogens is 280 g/mol. The first-order chi connectivity index (χ1) is 10.3. The van der Waals surface area contributed by atoms with E-state index in [0.717, 1.165) is 22.3 Å². The minimum atomic E-state index is -0.367. The van der Waals surface area contributed by atoms with Gasteiger partial charge in [-0.25, -0.2) is 4.79 Å². The molecule has 2 aromatic rings. The van der Waals surface area contributed by atoms with Crippen LogP contribution in [-0.2, 0) is 0 Å². The summed E-state index contributed by atoms with van der Waals surface area (Å²) in [6.45, 7) is 7.28. The smallest absolute Gasteiger partial charge is 0.323 e. The Bertz CT molecular complexity index is 631. The number of aromatic hydroxyl groups is 2. The Labute approximate surface area is 129 Å². The lowest BCUT2D eigenvalue weighted by Crippen LogP contribution is -2.21. The molecule has 22 heavy (non-hydrogen) atoms. The van der Waals surface area contributed by atoms with Crippen LogP contribution in [0.25, 0.3) is 0 Å². The van der Waals surface area contributed by atoms with Crippen LogP contribution in [-0.4, -0.2) is 16.2 Å². The number of benzene rings is 2. The summed E-state index contributed by atoms with van der Waals surface area (Å²) in [4.78, 5) is 12.2. The highest BCUT2D eigenvalue weighted by molar-refractivity contribution is 6.01. The second kappa shape index (κ2) is 5.97. The molecule has 116 valence electrons. The zero-order valence-corrected chi connectivity index (χ0v) is 13.1. The topological polar surface area (TPSA) is 81.6 Å². The number of carbonyl (C=O) groups excluding carboxylic acids is 1. The summed E-state index contributed by atoms with van der Waals surface area (Å²) in [7, 11) is 0. The van der Waals surface area contributed by atoms with E-state index in [4.69, 9.17) is 0 Å². The number of anilines is 2. The molecule has 5 heteroatoms. The van der Waals surface area contributed by atoms with Crippen LogP contribution in [0.4, 0.5) is 16.2 Å². The molecule has 2 aromatic carbocycles. The number of phenolic OH excluding ortho intramolecular Hbond substituents is 2. The highest BCUT2D eigenvalue weighted by atomic mass is 16.3. The summed E-state index contributed by atoms with van der Waals surface area (Å²) in [5.74, 6) is 0.345. The molecule has 0 atom stereocenters. The Kier molecular flexibility index (Phi) is 4.26. The van der Waals surface area contributed by atoms with Gasteiger partial charge in [-0.2, -0.15) is 0 Å². The number of rotatable bonds is 2. The van der Waals surface area contributed by atoms with Gasteiger partial charge in [0.25, 0.3) is 0 Å². The van der Waals surface area contributed by atoms with Crippen LogP contribution in [0, 0.1) is 27.7 Å². The van der Waals surface area contributed by atoms with Gasteiger partial charge < -0.3 is 20.8 Å². The van der Waals surface area contributed by atoms with Gasteiger partial charge in [-0.15, -0.1) is 0 Å². The van der Waals surface area contributed by atoms with Gasteiger partial charge in [-0.05, 0) is 74.2 Å². The second-order valence-electron chi connectivity index (χ2n) is 5.49. The Morgan fingerprint density at radius 1 is 0.727 bits per heavy atom. The van der Waals surface area contributed by atoms with E-state index >= 15 is 0 Å². The van der Waals surface area contributed by atoms with E-state index in [1.165, 1.54) is 0 Å². The van der Waals surface area contributed by atoms with Crippen molar-refractivity contribution in [3.05, 3.63) is 46.5 Å². The maximum atomic E-state index is 12.2. The van der Waals surface area contributed by atoms with Crippen molar-refractivity contribution in [1.29, 1.82) is 0 Å². The first-order valence-corrected chi connectivity index (χ1v) is 6.96. The van der Waals surface area contributed by atoms with Crippen LogP contribution >= 0.6 is 0 Å². The van der Waals surface area contributed by atoms with Crippen LogP contribution in [0.15, 0.2) is 24.3 Å². The van der Waals surface area contributed by atoms with Crippen LogP contribution in [0.3, 0.4) is 0 Å². The van der Waals surface area contributed by atoms with E-state index in [1.807, 2.05) is 27.7 Å². The molecule has 2 amide bonds. The van der Waals surface area contributed by atoms with Gasteiger partial charge in [-0.3, -0.25) is 0 Å². The minimum absolute atomic E-state index is 0.172. The Morgan fingerprint density at radius 3 is 1.27 bits per heavy atom. The molecule has 0 aliphatic carbocycles. The van der Waals surface area contributed by atoms with Crippen LogP contribution in [0.5, 0.6) is 11.5 Å². The van der Waals surface area contributed by atoms with Gasteiger partial charge in [0.15, 0.2) is 0 Å². The SMILES string of the molecule is Cc1cc(O)cc(C)c1NC(=O)Nc1c(C)cc(O)cc1C. The monoisotopic (exact) mass is 300 g/mol. The largest absolute Gasteiger partial charge is 0.508 e. The molecule has 0 bridgehead atoms. The third-order valence-electron chi connectivity index (χ3n) is 3.51. The van der Waals surface area contributed by atoms with Gasteiger partial charge in [0.2, 0.25) is 0 Å². The quantitative estimate of drug-likeness (QED) is 0.633. The first-order valence-electron chi connectivity index (χ1n) is 6.96. The second-order valence-corrected chi connectivity index (χ2v) is 5.49. The van der Waals surface area contributed by atoms with Gasteiger partial charge in [0, 0.05) is 11.4 Å². The number of hydrogen-bond acceptors (Lipinski definition) is 3. The molecule has 0 fully saturated rings. The fourth-order valence-corrected chi connectivity index (χ4v) is 2.53. The lowest BCUT2D eigenvalue weighted by Gasteiger charge is -2.15. The van der Waals surface area contributed by atoms with E-state index in [-0.39, 0.29) is 17.5 Å². The maximum absolute atomic E-state index is 12.2. The molecule has 0 radical (unpaired) electrons. The van der Waals surface area contributed by atoms with Crippen LogP contribution < -0.4 is 10.6 Å². The number of aryl methyl sites for hydroxylation is 4. The predicted octanol–water partition coefficient (Wildman–Crippen LogP) is 3.98. The van der Waals surface area contributed by atoms with Crippen molar-refractivity contribution in [3.63, 3.8) is 0 Å². The van der Waals surface area contributed by atoms with Crippen molar-refractivity contribution in [3.8, 4) is 11.5 Å². The Hall–Kier alpha value is -2.69.